The third-order valence-electron chi connectivity index (χ3n) is 7.72. The van der Waals surface area contributed by atoms with Gasteiger partial charge in [-0.25, -0.2) is 8.42 Å². The highest BCUT2D eigenvalue weighted by molar-refractivity contribution is 7.89. The molecule has 0 spiro atoms. The first-order valence-electron chi connectivity index (χ1n) is 10.6. The van der Waals surface area contributed by atoms with Crippen LogP contribution in [0.2, 0.25) is 5.02 Å². The van der Waals surface area contributed by atoms with Crippen molar-refractivity contribution in [2.45, 2.75) is 69.4 Å². The Morgan fingerprint density at radius 3 is 2.21 bits per heavy atom. The summed E-state index contributed by atoms with van der Waals surface area (Å²) in [5.74, 6) is 2.52. The van der Waals surface area contributed by atoms with E-state index in [1.54, 1.807) is 39.0 Å². The van der Waals surface area contributed by atoms with Gasteiger partial charge in [0.25, 0.3) is 0 Å². The van der Waals surface area contributed by atoms with Crippen LogP contribution in [0.5, 0.6) is 0 Å². The van der Waals surface area contributed by atoms with Gasteiger partial charge in [0, 0.05) is 18.1 Å². The van der Waals surface area contributed by atoms with Gasteiger partial charge in [0.15, 0.2) is 0 Å². The minimum Gasteiger partial charge on any atom is -0.351 e. The molecular weight excluding hydrogens is 408 g/mol. The van der Waals surface area contributed by atoms with Crippen LogP contribution in [-0.2, 0) is 14.8 Å². The van der Waals surface area contributed by atoms with Gasteiger partial charge in [-0.1, -0.05) is 17.7 Å². The lowest BCUT2D eigenvalue weighted by Gasteiger charge is -2.54. The van der Waals surface area contributed by atoms with Gasteiger partial charge < -0.3 is 5.32 Å². The maximum absolute atomic E-state index is 13.3. The first-order valence-corrected chi connectivity index (χ1v) is 12.4. The zero-order valence-corrected chi connectivity index (χ0v) is 19.2. The van der Waals surface area contributed by atoms with E-state index in [1.165, 1.54) is 43.5 Å². The second-order valence-electron chi connectivity index (χ2n) is 9.82. The van der Waals surface area contributed by atoms with E-state index in [2.05, 4.69) is 5.32 Å². The van der Waals surface area contributed by atoms with E-state index in [9.17, 15) is 13.2 Å². The Hall–Kier alpha value is -1.11. The fraction of sp³-hybridized carbons (Fsp3) is 0.682. The maximum Gasteiger partial charge on any atom is 0.244 e. The second kappa shape index (κ2) is 7.24. The third-order valence-corrected chi connectivity index (χ3v) is 10.3. The molecule has 5 nitrogen and oxygen atoms in total. The van der Waals surface area contributed by atoms with Crippen molar-refractivity contribution in [3.8, 4) is 0 Å². The summed E-state index contributed by atoms with van der Waals surface area (Å²) in [6, 6.07) is 5.01. The van der Waals surface area contributed by atoms with Gasteiger partial charge in [-0.2, -0.15) is 4.31 Å². The van der Waals surface area contributed by atoms with Crippen LogP contribution in [-0.4, -0.2) is 37.3 Å². The average molecular weight is 439 g/mol. The van der Waals surface area contributed by atoms with Crippen LogP contribution in [0.3, 0.4) is 0 Å². The molecule has 29 heavy (non-hydrogen) atoms. The summed E-state index contributed by atoms with van der Waals surface area (Å²) in [5, 5.41) is 3.66. The number of amides is 1. The fourth-order valence-corrected chi connectivity index (χ4v) is 7.90. The number of sulfonamides is 1. The van der Waals surface area contributed by atoms with Gasteiger partial charge in [-0.3, -0.25) is 4.79 Å². The van der Waals surface area contributed by atoms with Crippen molar-refractivity contribution in [2.75, 3.05) is 7.05 Å². The smallest absolute Gasteiger partial charge is 0.244 e. The molecule has 0 unspecified atom stereocenters. The molecule has 0 aliphatic heterocycles. The monoisotopic (exact) mass is 438 g/mol. The van der Waals surface area contributed by atoms with Crippen molar-refractivity contribution >= 4 is 27.5 Å². The van der Waals surface area contributed by atoms with Gasteiger partial charge in [0.1, 0.15) is 5.54 Å². The number of carbonyl (C=O) groups is 1. The molecule has 160 valence electrons. The summed E-state index contributed by atoms with van der Waals surface area (Å²) >= 11 is 6.14. The van der Waals surface area contributed by atoms with Crippen LogP contribution >= 0.6 is 11.6 Å². The molecule has 4 fully saturated rings. The summed E-state index contributed by atoms with van der Waals surface area (Å²) in [6.07, 6.45) is 6.17. The van der Waals surface area contributed by atoms with E-state index in [0.29, 0.717) is 22.4 Å². The Labute approximate surface area is 179 Å². The Morgan fingerprint density at radius 2 is 1.66 bits per heavy atom. The molecule has 4 aliphatic carbocycles. The van der Waals surface area contributed by atoms with Gasteiger partial charge in [0.2, 0.25) is 15.9 Å². The predicted molar refractivity (Wildman–Crippen MR) is 114 cm³/mol. The minimum absolute atomic E-state index is 0.142. The standard InChI is InChI=1S/C22H31ClN2O3S/c1-13-18(23)6-5-7-19(13)29(27,28)25(4)22(2,3)21(26)24-20-16-9-14-8-15(11-16)12-17(20)10-14/h5-7,14-17,20H,8-12H2,1-4H3,(H,24,26). The molecule has 0 atom stereocenters. The number of hydrogen-bond donors (Lipinski definition) is 1. The van der Waals surface area contributed by atoms with Gasteiger partial charge >= 0.3 is 0 Å². The Bertz CT molecular complexity index is 900. The van der Waals surface area contributed by atoms with Gasteiger partial charge in [-0.05, 0) is 94.2 Å². The highest BCUT2D eigenvalue weighted by atomic mass is 35.5. The fourth-order valence-electron chi connectivity index (χ4n) is 5.95. The number of carbonyl (C=O) groups excluding carboxylic acids is 1. The number of rotatable bonds is 5. The zero-order valence-electron chi connectivity index (χ0n) is 17.6. The Kier molecular flexibility index (Phi) is 5.28. The number of halogens is 1. The van der Waals surface area contributed by atoms with Crippen molar-refractivity contribution in [1.29, 1.82) is 0 Å². The van der Waals surface area contributed by atoms with E-state index >= 15 is 0 Å². The molecule has 1 aromatic rings. The molecule has 0 heterocycles. The molecule has 4 aliphatic rings. The summed E-state index contributed by atoms with van der Waals surface area (Å²) in [7, 11) is -2.39. The SMILES string of the molecule is Cc1c(Cl)cccc1S(=O)(=O)N(C)C(C)(C)C(=O)NC1C2CC3CC(C2)CC1C3. The van der Waals surface area contributed by atoms with Crippen LogP contribution in [0, 0.1) is 30.6 Å². The molecule has 1 N–H and O–H groups in total. The van der Waals surface area contributed by atoms with Gasteiger partial charge in [-0.15, -0.1) is 0 Å². The van der Waals surface area contributed by atoms with Crippen molar-refractivity contribution < 1.29 is 13.2 Å². The molecular formula is C22H31ClN2O3S. The normalized spacial score (nSPS) is 31.3. The number of nitrogens with zero attached hydrogens (tertiary/aromatic N) is 1. The quantitative estimate of drug-likeness (QED) is 0.755. The Morgan fingerprint density at radius 1 is 1.10 bits per heavy atom. The molecule has 0 radical (unpaired) electrons. The minimum atomic E-state index is -3.87. The third kappa shape index (κ3) is 3.51. The van der Waals surface area contributed by atoms with Crippen LogP contribution < -0.4 is 5.32 Å². The van der Waals surface area contributed by atoms with Crippen LogP contribution in [0.15, 0.2) is 23.1 Å². The second-order valence-corrected chi connectivity index (χ2v) is 12.2. The van der Waals surface area contributed by atoms with Crippen LogP contribution in [0.1, 0.15) is 51.5 Å². The highest BCUT2D eigenvalue weighted by Crippen LogP contribution is 2.53. The van der Waals surface area contributed by atoms with Crippen molar-refractivity contribution in [1.82, 2.24) is 9.62 Å². The molecule has 7 heteroatoms. The lowest BCUT2D eigenvalue weighted by atomic mass is 9.54. The van der Waals surface area contributed by atoms with Crippen molar-refractivity contribution in [2.24, 2.45) is 23.7 Å². The lowest BCUT2D eigenvalue weighted by Crippen LogP contribution is -2.62. The van der Waals surface area contributed by atoms with E-state index < -0.39 is 15.6 Å². The molecule has 0 aromatic heterocycles. The van der Waals surface area contributed by atoms with Crippen molar-refractivity contribution in [3.63, 3.8) is 0 Å². The van der Waals surface area contributed by atoms with Crippen LogP contribution in [0.4, 0.5) is 0 Å². The Balaban J connectivity index is 1.54. The molecule has 4 bridgehead atoms. The summed E-state index contributed by atoms with van der Waals surface area (Å²) in [6.45, 7) is 5.04. The topological polar surface area (TPSA) is 66.5 Å². The largest absolute Gasteiger partial charge is 0.351 e. The number of benzene rings is 1. The molecule has 1 aromatic carbocycles. The molecule has 1 amide bonds. The summed E-state index contributed by atoms with van der Waals surface area (Å²) in [5.41, 5.74) is -0.708. The summed E-state index contributed by atoms with van der Waals surface area (Å²) in [4.78, 5) is 13.4. The maximum atomic E-state index is 13.3. The van der Waals surface area contributed by atoms with Gasteiger partial charge in [0.05, 0.1) is 4.90 Å². The molecule has 5 rings (SSSR count). The average Bonchev–Trinajstić information content (AvgIpc) is 2.65. The van der Waals surface area contributed by atoms with E-state index in [0.717, 1.165) is 11.8 Å². The number of hydrogen-bond acceptors (Lipinski definition) is 3. The molecule has 4 saturated carbocycles. The van der Waals surface area contributed by atoms with E-state index in [4.69, 9.17) is 11.6 Å². The first kappa shape index (κ1) is 21.1. The van der Waals surface area contributed by atoms with E-state index in [1.807, 2.05) is 0 Å². The first-order chi connectivity index (χ1) is 13.5. The predicted octanol–water partition coefficient (Wildman–Crippen LogP) is 3.99. The van der Waals surface area contributed by atoms with Crippen molar-refractivity contribution in [3.05, 3.63) is 28.8 Å². The summed E-state index contributed by atoms with van der Waals surface area (Å²) < 4.78 is 27.7. The van der Waals surface area contributed by atoms with Crippen LogP contribution in [0.25, 0.3) is 0 Å². The van der Waals surface area contributed by atoms with E-state index in [-0.39, 0.29) is 16.8 Å². The molecule has 0 saturated heterocycles. The number of nitrogens with one attached hydrogen (secondary N) is 1. The number of likely N-dealkylation sites (N-methyl/N-ethyl adjacent to an activating group) is 1. The zero-order chi connectivity index (χ0) is 21.1. The highest BCUT2D eigenvalue weighted by Gasteiger charge is 2.50. The lowest BCUT2D eigenvalue weighted by molar-refractivity contribution is -0.132.